The van der Waals surface area contributed by atoms with E-state index < -0.39 is 10.0 Å². The standard InChI is InChI=1S/C26H27N3O5S2/c1-17(2)18-7-9-20(10-8-18)36(31,32)29-13-11-19(12-14-29)25(30)28-26-27-23(21-5-3-15-33-21)24(35-26)22-6-4-16-34-22/h3-10,15-17,19H,11-14H2,1-2H3,(H,27,28,30). The summed E-state index contributed by atoms with van der Waals surface area (Å²) in [5.41, 5.74) is 1.69. The fourth-order valence-corrected chi connectivity index (χ4v) is 6.68. The number of rotatable bonds is 7. The van der Waals surface area contributed by atoms with E-state index in [4.69, 9.17) is 8.83 Å². The van der Waals surface area contributed by atoms with Gasteiger partial charge in [0, 0.05) is 19.0 Å². The smallest absolute Gasteiger partial charge is 0.243 e. The molecule has 3 aromatic heterocycles. The predicted molar refractivity (Wildman–Crippen MR) is 138 cm³/mol. The van der Waals surface area contributed by atoms with Crippen LogP contribution in [0.2, 0.25) is 0 Å². The summed E-state index contributed by atoms with van der Waals surface area (Å²) in [5.74, 6) is 1.08. The third kappa shape index (κ3) is 4.88. The number of nitrogens with one attached hydrogen (secondary N) is 1. The number of sulfonamides is 1. The quantitative estimate of drug-likeness (QED) is 0.326. The predicted octanol–water partition coefficient (Wildman–Crippen LogP) is 5.83. The molecular formula is C26H27N3O5S2. The minimum atomic E-state index is -3.59. The first-order valence-corrected chi connectivity index (χ1v) is 14.1. The maximum Gasteiger partial charge on any atom is 0.243 e. The first-order chi connectivity index (χ1) is 17.3. The fourth-order valence-electron chi connectivity index (χ4n) is 4.27. The van der Waals surface area contributed by atoms with Crippen LogP contribution >= 0.6 is 11.3 Å². The van der Waals surface area contributed by atoms with Crippen LogP contribution in [0, 0.1) is 5.92 Å². The molecule has 1 N–H and O–H groups in total. The number of nitrogens with zero attached hydrogens (tertiary/aromatic N) is 2. The first-order valence-electron chi connectivity index (χ1n) is 11.8. The van der Waals surface area contributed by atoms with Gasteiger partial charge in [-0.1, -0.05) is 37.3 Å². The van der Waals surface area contributed by atoms with E-state index in [1.54, 1.807) is 42.9 Å². The summed E-state index contributed by atoms with van der Waals surface area (Å²) in [6.45, 7) is 4.72. The number of carbonyl (C=O) groups excluding carboxylic acids is 1. The number of thiazole rings is 1. The maximum absolute atomic E-state index is 13.1. The number of furan rings is 2. The number of anilines is 1. The molecule has 4 aromatic rings. The lowest BCUT2D eigenvalue weighted by Crippen LogP contribution is -2.41. The summed E-state index contributed by atoms with van der Waals surface area (Å²) in [6, 6.07) is 14.3. The van der Waals surface area contributed by atoms with Crippen LogP contribution < -0.4 is 5.32 Å². The van der Waals surface area contributed by atoms with Gasteiger partial charge < -0.3 is 14.2 Å². The molecule has 1 aliphatic rings. The van der Waals surface area contributed by atoms with Crippen molar-refractivity contribution in [3.05, 3.63) is 66.6 Å². The molecule has 188 valence electrons. The highest BCUT2D eigenvalue weighted by molar-refractivity contribution is 7.89. The minimum absolute atomic E-state index is 0.168. The highest BCUT2D eigenvalue weighted by atomic mass is 32.2. The molecule has 36 heavy (non-hydrogen) atoms. The molecule has 0 bridgehead atoms. The van der Waals surface area contributed by atoms with Crippen molar-refractivity contribution >= 4 is 32.4 Å². The Morgan fingerprint density at radius 1 is 1.03 bits per heavy atom. The van der Waals surface area contributed by atoms with E-state index in [1.165, 1.54) is 15.6 Å². The lowest BCUT2D eigenvalue weighted by atomic mass is 9.97. The van der Waals surface area contributed by atoms with Crippen molar-refractivity contribution < 1.29 is 22.0 Å². The lowest BCUT2D eigenvalue weighted by molar-refractivity contribution is -0.120. The van der Waals surface area contributed by atoms with Gasteiger partial charge in [-0.25, -0.2) is 13.4 Å². The first kappa shape index (κ1) is 24.5. The highest BCUT2D eigenvalue weighted by Gasteiger charge is 2.32. The van der Waals surface area contributed by atoms with Crippen LogP contribution in [0.25, 0.3) is 22.1 Å². The number of carbonyl (C=O) groups is 1. The Bertz CT molecular complexity index is 1360. The zero-order valence-electron chi connectivity index (χ0n) is 20.0. The molecule has 8 nitrogen and oxygen atoms in total. The van der Waals surface area contributed by atoms with Gasteiger partial charge in [-0.3, -0.25) is 4.79 Å². The van der Waals surface area contributed by atoms with Gasteiger partial charge in [-0.2, -0.15) is 4.31 Å². The van der Waals surface area contributed by atoms with Crippen molar-refractivity contribution in [3.8, 4) is 22.1 Å². The Kier molecular flexibility index (Phi) is 6.83. The molecule has 4 heterocycles. The molecule has 0 spiro atoms. The van der Waals surface area contributed by atoms with E-state index in [9.17, 15) is 13.2 Å². The van der Waals surface area contributed by atoms with Crippen LogP contribution in [0.15, 0.2) is 74.8 Å². The van der Waals surface area contributed by atoms with E-state index >= 15 is 0 Å². The Morgan fingerprint density at radius 2 is 1.67 bits per heavy atom. The van der Waals surface area contributed by atoms with Gasteiger partial charge in [-0.15, -0.1) is 0 Å². The van der Waals surface area contributed by atoms with Crippen LogP contribution in [0.5, 0.6) is 0 Å². The van der Waals surface area contributed by atoms with Crippen LogP contribution in [-0.4, -0.2) is 36.7 Å². The molecule has 5 rings (SSSR count). The summed E-state index contributed by atoms with van der Waals surface area (Å²) in [4.78, 5) is 18.7. The average molecular weight is 526 g/mol. The van der Waals surface area contributed by atoms with Crippen LogP contribution in [0.4, 0.5) is 5.13 Å². The van der Waals surface area contributed by atoms with Gasteiger partial charge in [0.05, 0.1) is 17.4 Å². The SMILES string of the molecule is CC(C)c1ccc(S(=O)(=O)N2CCC(C(=O)Nc3nc(-c4ccco4)c(-c4ccco4)s3)CC2)cc1. The summed E-state index contributed by atoms with van der Waals surface area (Å²) in [7, 11) is -3.59. The molecule has 0 unspecified atom stereocenters. The van der Waals surface area contributed by atoms with Gasteiger partial charge in [0.25, 0.3) is 0 Å². The van der Waals surface area contributed by atoms with Gasteiger partial charge in [0.15, 0.2) is 10.9 Å². The largest absolute Gasteiger partial charge is 0.463 e. The van der Waals surface area contributed by atoms with E-state index in [1.807, 2.05) is 18.2 Å². The van der Waals surface area contributed by atoms with Crippen molar-refractivity contribution in [2.75, 3.05) is 18.4 Å². The Morgan fingerprint density at radius 3 is 2.25 bits per heavy atom. The number of piperidine rings is 1. The number of aromatic nitrogens is 1. The molecule has 1 aromatic carbocycles. The lowest BCUT2D eigenvalue weighted by Gasteiger charge is -2.30. The van der Waals surface area contributed by atoms with Crippen molar-refractivity contribution in [3.63, 3.8) is 0 Å². The molecule has 0 atom stereocenters. The number of hydrogen-bond acceptors (Lipinski definition) is 7. The van der Waals surface area contributed by atoms with Crippen LogP contribution in [-0.2, 0) is 14.8 Å². The van der Waals surface area contributed by atoms with Crippen LogP contribution in [0.3, 0.4) is 0 Å². The molecule has 10 heteroatoms. The molecular weight excluding hydrogens is 498 g/mol. The molecule has 0 radical (unpaired) electrons. The molecule has 1 aliphatic heterocycles. The summed E-state index contributed by atoms with van der Waals surface area (Å²) in [5, 5.41) is 3.36. The fraction of sp³-hybridized carbons (Fsp3) is 0.308. The van der Waals surface area contributed by atoms with E-state index in [-0.39, 0.29) is 16.7 Å². The highest BCUT2D eigenvalue weighted by Crippen LogP contribution is 2.39. The van der Waals surface area contributed by atoms with Gasteiger partial charge >= 0.3 is 0 Å². The van der Waals surface area contributed by atoms with E-state index in [2.05, 4.69) is 24.1 Å². The Hall–Kier alpha value is -3.21. The zero-order valence-corrected chi connectivity index (χ0v) is 21.6. The monoisotopic (exact) mass is 525 g/mol. The van der Waals surface area contributed by atoms with Gasteiger partial charge in [0.2, 0.25) is 15.9 Å². The van der Waals surface area contributed by atoms with E-state index in [0.717, 1.165) is 10.4 Å². The number of hydrogen-bond donors (Lipinski definition) is 1. The van der Waals surface area contributed by atoms with Crippen LogP contribution in [0.1, 0.15) is 38.2 Å². The molecule has 1 saturated heterocycles. The number of amides is 1. The Balaban J connectivity index is 1.25. The Labute approximate surface area is 214 Å². The van der Waals surface area contributed by atoms with Crippen molar-refractivity contribution in [1.82, 2.24) is 9.29 Å². The average Bonchev–Trinajstić information content (AvgIpc) is 3.66. The minimum Gasteiger partial charge on any atom is -0.463 e. The molecule has 0 saturated carbocycles. The summed E-state index contributed by atoms with van der Waals surface area (Å²) in [6.07, 6.45) is 4.03. The normalized spacial score (nSPS) is 15.4. The number of benzene rings is 1. The molecule has 0 aliphatic carbocycles. The second-order valence-electron chi connectivity index (χ2n) is 9.04. The second kappa shape index (κ2) is 10.0. The van der Waals surface area contributed by atoms with E-state index in [0.29, 0.717) is 54.2 Å². The van der Waals surface area contributed by atoms with Crippen molar-refractivity contribution in [1.29, 1.82) is 0 Å². The van der Waals surface area contributed by atoms with Crippen molar-refractivity contribution in [2.24, 2.45) is 5.92 Å². The molecule has 1 amide bonds. The topological polar surface area (TPSA) is 106 Å². The molecule has 1 fully saturated rings. The maximum atomic E-state index is 13.1. The zero-order chi connectivity index (χ0) is 25.3. The van der Waals surface area contributed by atoms with Gasteiger partial charge in [-0.05, 0) is 60.7 Å². The third-order valence-corrected chi connectivity index (χ3v) is 9.26. The third-order valence-electron chi connectivity index (χ3n) is 6.37. The van der Waals surface area contributed by atoms with Gasteiger partial charge in [0.1, 0.15) is 16.3 Å². The second-order valence-corrected chi connectivity index (χ2v) is 12.0. The summed E-state index contributed by atoms with van der Waals surface area (Å²) < 4.78 is 38.7. The summed E-state index contributed by atoms with van der Waals surface area (Å²) >= 11 is 1.31. The van der Waals surface area contributed by atoms with Crippen molar-refractivity contribution in [2.45, 2.75) is 37.5 Å².